The maximum absolute atomic E-state index is 10.6. The monoisotopic (exact) mass is 306 g/mol. The first-order valence-corrected chi connectivity index (χ1v) is 7.73. The molecule has 1 aliphatic carbocycles. The van der Waals surface area contributed by atoms with E-state index in [0.717, 1.165) is 32.3 Å². The number of epoxide rings is 1. The molecule has 23 heavy (non-hydrogen) atoms. The van der Waals surface area contributed by atoms with Crippen LogP contribution in [0.25, 0.3) is 32.3 Å². The van der Waals surface area contributed by atoms with Gasteiger partial charge in [0.05, 0.1) is 2.74 Å². The molecule has 1 heterocycles. The number of ether oxygens (including phenoxy) is 1. The Bertz CT molecular complexity index is 1190. The van der Waals surface area contributed by atoms with Gasteiger partial charge in [-0.2, -0.15) is 0 Å². The third-order valence-electron chi connectivity index (χ3n) is 5.19. The van der Waals surface area contributed by atoms with Crippen molar-refractivity contribution in [2.45, 2.75) is 24.4 Å². The van der Waals surface area contributed by atoms with Gasteiger partial charge in [-0.3, -0.25) is 0 Å². The highest BCUT2D eigenvalue weighted by atomic mass is 16.6. The lowest BCUT2D eigenvalue weighted by Gasteiger charge is -2.25. The van der Waals surface area contributed by atoms with Crippen molar-refractivity contribution in [1.82, 2.24) is 0 Å². The molecule has 2 aliphatic rings. The van der Waals surface area contributed by atoms with Gasteiger partial charge in [0, 0.05) is 0 Å². The molecule has 3 heteroatoms. The average molecular weight is 306 g/mol. The standard InChI is InChI=1S/C20H14O3/c21-17-13-8-11-5-4-9-2-1-3-10-6-7-12(15(11)14(9)10)16(13)19-20(23-19)18(17)22/h1-8,17-22H/t17-,18+,19+,20-/m1/s1/i19T,20T. The molecule has 1 saturated heterocycles. The van der Waals surface area contributed by atoms with Crippen LogP contribution in [0.15, 0.2) is 48.5 Å². The smallest absolute Gasteiger partial charge is 0.118 e. The van der Waals surface area contributed by atoms with Gasteiger partial charge in [0.25, 0.3) is 0 Å². The van der Waals surface area contributed by atoms with Crippen LogP contribution in [0.1, 0.15) is 26.1 Å². The third kappa shape index (κ3) is 1.36. The zero-order valence-electron chi connectivity index (χ0n) is 14.1. The molecule has 112 valence electrons. The summed E-state index contributed by atoms with van der Waals surface area (Å²) < 4.78 is 22.3. The lowest BCUT2D eigenvalue weighted by atomic mass is 9.81. The van der Waals surface area contributed by atoms with Gasteiger partial charge in [-0.15, -0.1) is 0 Å². The summed E-state index contributed by atoms with van der Waals surface area (Å²) in [6.07, 6.45) is -6.15. The molecular formula is C20H14O3. The van der Waals surface area contributed by atoms with Crippen molar-refractivity contribution < 1.29 is 17.7 Å². The number of benzene rings is 4. The van der Waals surface area contributed by atoms with Crippen LogP contribution < -0.4 is 0 Å². The molecule has 6 rings (SSSR count). The zero-order valence-corrected chi connectivity index (χ0v) is 12.1. The molecule has 2 N–H and O–H groups in total. The van der Waals surface area contributed by atoms with Gasteiger partial charge in [0.15, 0.2) is 0 Å². The first-order valence-electron chi connectivity index (χ1n) is 8.73. The summed E-state index contributed by atoms with van der Waals surface area (Å²) >= 11 is 0. The van der Waals surface area contributed by atoms with E-state index in [1.54, 1.807) is 0 Å². The van der Waals surface area contributed by atoms with Crippen molar-refractivity contribution in [1.29, 1.82) is 0 Å². The molecule has 0 saturated carbocycles. The van der Waals surface area contributed by atoms with E-state index in [1.165, 1.54) is 0 Å². The molecule has 4 aromatic rings. The maximum Gasteiger partial charge on any atom is 0.118 e. The minimum atomic E-state index is -1.82. The quantitative estimate of drug-likeness (QED) is 0.386. The largest absolute Gasteiger partial charge is 0.387 e. The predicted octanol–water partition coefficient (Wildman–Crippen LogP) is 3.43. The number of aliphatic hydroxyl groups excluding tert-OH is 2. The van der Waals surface area contributed by atoms with Crippen molar-refractivity contribution in [2.75, 3.05) is 0 Å². The molecule has 0 bridgehead atoms. The van der Waals surface area contributed by atoms with E-state index in [2.05, 4.69) is 12.1 Å². The van der Waals surface area contributed by atoms with Gasteiger partial charge in [-0.1, -0.05) is 42.5 Å². The average Bonchev–Trinajstić information content (AvgIpc) is 3.21. The third-order valence-corrected chi connectivity index (χ3v) is 5.19. The Morgan fingerprint density at radius 3 is 2.48 bits per heavy atom. The van der Waals surface area contributed by atoms with Gasteiger partial charge >= 0.3 is 0 Å². The fourth-order valence-corrected chi connectivity index (χ4v) is 4.09. The summed E-state index contributed by atoms with van der Waals surface area (Å²) in [5.74, 6) is 0. The lowest BCUT2D eigenvalue weighted by Crippen LogP contribution is -2.29. The van der Waals surface area contributed by atoms with Gasteiger partial charge in [-0.25, -0.2) is 0 Å². The van der Waals surface area contributed by atoms with E-state index in [1.807, 2.05) is 36.4 Å². The fraction of sp³-hybridized carbons (Fsp3) is 0.200. The molecule has 1 aliphatic heterocycles. The molecule has 0 radical (unpaired) electrons. The SMILES string of the molecule is [3H][C@@]12O[C@]1([3H])[C@@H](O)[C@H](O)c1cc3ccc4cccc5ccc(c12)c3c45. The van der Waals surface area contributed by atoms with E-state index in [4.69, 9.17) is 7.48 Å². The highest BCUT2D eigenvalue weighted by molar-refractivity contribution is 6.23. The number of fused-ring (bicyclic) bond motifs is 4. The summed E-state index contributed by atoms with van der Waals surface area (Å²) in [5.41, 5.74) is 0.986. The Kier molecular flexibility index (Phi) is 1.75. The Morgan fingerprint density at radius 2 is 1.65 bits per heavy atom. The number of aliphatic hydroxyl groups is 2. The fourth-order valence-electron chi connectivity index (χ4n) is 4.09. The molecule has 4 aromatic carbocycles. The highest BCUT2D eigenvalue weighted by Gasteiger charge is 2.54. The van der Waals surface area contributed by atoms with Gasteiger partial charge in [0.1, 0.15) is 24.4 Å². The normalized spacial score (nSPS) is 36.8. The second kappa shape index (κ2) is 3.82. The molecule has 1 fully saturated rings. The predicted molar refractivity (Wildman–Crippen MR) is 88.7 cm³/mol. The Hall–Kier alpha value is -2.20. The number of rotatable bonds is 0. The first kappa shape index (κ1) is 10.6. The van der Waals surface area contributed by atoms with E-state index in [-0.39, 0.29) is 0 Å². The van der Waals surface area contributed by atoms with Gasteiger partial charge in [0.2, 0.25) is 0 Å². The van der Waals surface area contributed by atoms with Crippen LogP contribution >= 0.6 is 0 Å². The van der Waals surface area contributed by atoms with Crippen molar-refractivity contribution >= 4 is 32.3 Å². The van der Waals surface area contributed by atoms with Crippen molar-refractivity contribution in [3.8, 4) is 0 Å². The topological polar surface area (TPSA) is 53.0 Å². The molecule has 0 amide bonds. The lowest BCUT2D eigenvalue weighted by molar-refractivity contribution is 0.000163. The second-order valence-corrected chi connectivity index (χ2v) is 6.38. The molecule has 0 aromatic heterocycles. The highest BCUT2D eigenvalue weighted by Crippen LogP contribution is 2.54. The Labute approximate surface area is 134 Å². The van der Waals surface area contributed by atoms with Crippen LogP contribution in [0.4, 0.5) is 0 Å². The van der Waals surface area contributed by atoms with Crippen LogP contribution in [0.2, 0.25) is 0 Å². The minimum Gasteiger partial charge on any atom is -0.387 e. The van der Waals surface area contributed by atoms with Crippen LogP contribution in [0.3, 0.4) is 0 Å². The maximum atomic E-state index is 10.6. The molecule has 0 unspecified atom stereocenters. The van der Waals surface area contributed by atoms with Crippen LogP contribution in [-0.4, -0.2) is 22.4 Å². The van der Waals surface area contributed by atoms with Gasteiger partial charge < -0.3 is 14.9 Å². The number of hydrogen-bond acceptors (Lipinski definition) is 3. The molecule has 4 atom stereocenters. The molecule has 0 spiro atoms. The summed E-state index contributed by atoms with van der Waals surface area (Å²) in [5, 5.41) is 26.9. The Morgan fingerprint density at radius 1 is 0.913 bits per heavy atom. The van der Waals surface area contributed by atoms with E-state index < -0.39 is 24.4 Å². The van der Waals surface area contributed by atoms with Crippen molar-refractivity contribution in [3.05, 3.63) is 59.7 Å². The van der Waals surface area contributed by atoms with Crippen LogP contribution in [0, 0.1) is 0 Å². The summed E-state index contributed by atoms with van der Waals surface area (Å²) in [6.45, 7) is 0. The Balaban J connectivity index is 1.86. The molecular weight excluding hydrogens is 288 g/mol. The van der Waals surface area contributed by atoms with Crippen molar-refractivity contribution in [2.24, 2.45) is 0 Å². The number of hydrogen-bond donors (Lipinski definition) is 2. The summed E-state index contributed by atoms with van der Waals surface area (Å²) in [6, 6.07) is 15.9. The minimum absolute atomic E-state index is 0.480. The molecule has 3 nitrogen and oxygen atoms in total. The zero-order chi connectivity index (χ0) is 17.1. The van der Waals surface area contributed by atoms with E-state index in [9.17, 15) is 10.2 Å². The van der Waals surface area contributed by atoms with Crippen LogP contribution in [0.5, 0.6) is 0 Å². The van der Waals surface area contributed by atoms with Crippen LogP contribution in [-0.2, 0) is 4.74 Å². The summed E-state index contributed by atoms with van der Waals surface area (Å²) in [4.78, 5) is 0. The van der Waals surface area contributed by atoms with E-state index >= 15 is 0 Å². The first-order chi connectivity index (χ1) is 12.0. The second-order valence-electron chi connectivity index (χ2n) is 6.38. The van der Waals surface area contributed by atoms with Gasteiger partial charge in [-0.05, 0) is 49.5 Å². The van der Waals surface area contributed by atoms with Crippen molar-refractivity contribution in [3.63, 3.8) is 0 Å². The van der Waals surface area contributed by atoms with E-state index in [0.29, 0.717) is 11.1 Å². The summed E-state index contributed by atoms with van der Waals surface area (Å²) in [7, 11) is 0.